The summed E-state index contributed by atoms with van der Waals surface area (Å²) in [4.78, 5) is 39.1. The molecule has 0 aliphatic carbocycles. The van der Waals surface area contributed by atoms with E-state index in [1.165, 1.54) is 0 Å². The summed E-state index contributed by atoms with van der Waals surface area (Å²) in [6, 6.07) is 18.8. The predicted octanol–water partition coefficient (Wildman–Crippen LogP) is 5.25. The van der Waals surface area contributed by atoms with E-state index in [-0.39, 0.29) is 17.2 Å². The van der Waals surface area contributed by atoms with E-state index < -0.39 is 5.97 Å². The van der Waals surface area contributed by atoms with E-state index in [1.807, 2.05) is 49.4 Å². The molecule has 196 valence electrons. The summed E-state index contributed by atoms with van der Waals surface area (Å²) in [7, 11) is 0. The van der Waals surface area contributed by atoms with Crippen LogP contribution in [0.5, 0.6) is 0 Å². The molecular formula is C31H29N5O3. The summed E-state index contributed by atoms with van der Waals surface area (Å²) in [5.74, 6) is 0.112. The summed E-state index contributed by atoms with van der Waals surface area (Å²) >= 11 is 0. The van der Waals surface area contributed by atoms with Crippen molar-refractivity contribution in [3.05, 3.63) is 82.1 Å². The smallest absolute Gasteiger partial charge is 0.335 e. The number of carboxylic acid groups (broad SMARTS) is 1. The van der Waals surface area contributed by atoms with Gasteiger partial charge in [0.25, 0.3) is 5.56 Å². The standard InChI is InChI=1S/C31H29N5O3/c1-17-21(19-5-4-6-20(15-19)31(38)39)9-10-24-26(17)28(32-25-16-36-13-11-18(25)12-14-36)27(30(37)35-24)29-33-22-7-2-3-8-23(22)34-29/h2-10,15,18,25H,11-14,16H2,1H3,(H,33,34)(H,38,39)(H2,32,35,37)/t25-/m0/s1. The largest absolute Gasteiger partial charge is 0.478 e. The van der Waals surface area contributed by atoms with Crippen LogP contribution in [0.1, 0.15) is 28.8 Å². The highest BCUT2D eigenvalue weighted by molar-refractivity contribution is 6.04. The third kappa shape index (κ3) is 3.99. The Kier molecular flexibility index (Phi) is 5.52. The highest BCUT2D eigenvalue weighted by Gasteiger charge is 2.35. The lowest BCUT2D eigenvalue weighted by atomic mass is 9.83. The van der Waals surface area contributed by atoms with Crippen molar-refractivity contribution in [1.29, 1.82) is 0 Å². The maximum absolute atomic E-state index is 13.7. The van der Waals surface area contributed by atoms with E-state index in [9.17, 15) is 14.7 Å². The molecule has 3 aliphatic rings. The first-order valence-corrected chi connectivity index (χ1v) is 13.4. The normalized spacial score (nSPS) is 20.5. The molecule has 0 spiro atoms. The van der Waals surface area contributed by atoms with E-state index >= 15 is 0 Å². The molecule has 0 saturated carbocycles. The third-order valence-corrected chi connectivity index (χ3v) is 8.47. The van der Waals surface area contributed by atoms with E-state index in [4.69, 9.17) is 4.98 Å². The minimum absolute atomic E-state index is 0.203. The SMILES string of the molecule is Cc1c(-c2cccc(C(=O)O)c2)ccc2[nH]c(=O)c(-c3nc4ccccc4[nH]3)c(N[C@H]3CN4CCC3CC4)c12. The molecule has 39 heavy (non-hydrogen) atoms. The second-order valence-electron chi connectivity index (χ2n) is 10.7. The minimum Gasteiger partial charge on any atom is -0.478 e. The van der Waals surface area contributed by atoms with Crippen LogP contribution in [0.2, 0.25) is 0 Å². The lowest BCUT2D eigenvalue weighted by molar-refractivity contribution is 0.0697. The first kappa shape index (κ1) is 23.7. The Bertz CT molecular complexity index is 1780. The Labute approximate surface area is 224 Å². The van der Waals surface area contributed by atoms with Gasteiger partial charge in [0, 0.05) is 18.0 Å². The molecule has 2 aromatic heterocycles. The van der Waals surface area contributed by atoms with Crippen molar-refractivity contribution in [3.63, 3.8) is 0 Å². The molecule has 3 fully saturated rings. The highest BCUT2D eigenvalue weighted by Crippen LogP contribution is 2.39. The van der Waals surface area contributed by atoms with Crippen LogP contribution < -0.4 is 10.9 Å². The Morgan fingerprint density at radius 1 is 1.03 bits per heavy atom. The molecule has 3 aromatic carbocycles. The number of pyridine rings is 1. The van der Waals surface area contributed by atoms with Gasteiger partial charge in [0.1, 0.15) is 11.4 Å². The number of hydrogen-bond donors (Lipinski definition) is 4. The van der Waals surface area contributed by atoms with Crippen LogP contribution in [0, 0.1) is 12.8 Å². The van der Waals surface area contributed by atoms with Crippen molar-refractivity contribution < 1.29 is 9.90 Å². The van der Waals surface area contributed by atoms with Crippen LogP contribution in [0.3, 0.4) is 0 Å². The summed E-state index contributed by atoms with van der Waals surface area (Å²) in [6.45, 7) is 5.22. The van der Waals surface area contributed by atoms with E-state index in [1.54, 1.807) is 18.2 Å². The number of fused-ring (bicyclic) bond motifs is 5. The molecule has 8 heteroatoms. The molecule has 5 aromatic rings. The maximum Gasteiger partial charge on any atom is 0.335 e. The summed E-state index contributed by atoms with van der Waals surface area (Å²) in [6.07, 6.45) is 2.29. The zero-order valence-corrected chi connectivity index (χ0v) is 21.6. The van der Waals surface area contributed by atoms with Crippen LogP contribution in [-0.2, 0) is 0 Å². The first-order valence-electron chi connectivity index (χ1n) is 13.4. The number of carbonyl (C=O) groups is 1. The topological polar surface area (TPSA) is 114 Å². The van der Waals surface area contributed by atoms with Gasteiger partial charge in [-0.25, -0.2) is 9.78 Å². The van der Waals surface area contributed by atoms with Crippen LogP contribution in [0.25, 0.3) is 44.5 Å². The van der Waals surface area contributed by atoms with Crippen molar-refractivity contribution >= 4 is 33.6 Å². The lowest BCUT2D eigenvalue weighted by Crippen LogP contribution is -2.53. The fourth-order valence-electron chi connectivity index (χ4n) is 6.45. The number of rotatable bonds is 5. The fourth-order valence-corrected chi connectivity index (χ4v) is 6.45. The number of carboxylic acids is 1. The number of anilines is 1. The molecule has 0 radical (unpaired) electrons. The number of H-pyrrole nitrogens is 2. The van der Waals surface area contributed by atoms with Gasteiger partial charge in [0.2, 0.25) is 0 Å². The Morgan fingerprint density at radius 3 is 2.59 bits per heavy atom. The molecule has 1 atom stereocenters. The molecule has 3 aliphatic heterocycles. The number of piperidine rings is 3. The monoisotopic (exact) mass is 519 g/mol. The fraction of sp³-hybridized carbons (Fsp3) is 0.258. The second kappa shape index (κ2) is 9.10. The van der Waals surface area contributed by atoms with Gasteiger partial charge in [-0.05, 0) is 85.8 Å². The number of imidazole rings is 1. The molecular weight excluding hydrogens is 490 g/mol. The van der Waals surface area contributed by atoms with Crippen molar-refractivity contribution in [2.45, 2.75) is 25.8 Å². The van der Waals surface area contributed by atoms with E-state index in [0.29, 0.717) is 17.3 Å². The third-order valence-electron chi connectivity index (χ3n) is 8.47. The van der Waals surface area contributed by atoms with Gasteiger partial charge >= 0.3 is 5.97 Å². The van der Waals surface area contributed by atoms with Crippen LogP contribution in [-0.4, -0.2) is 56.6 Å². The molecule has 0 unspecified atom stereocenters. The second-order valence-corrected chi connectivity index (χ2v) is 10.7. The van der Waals surface area contributed by atoms with Crippen molar-refractivity contribution in [2.24, 2.45) is 5.92 Å². The summed E-state index contributed by atoms with van der Waals surface area (Å²) < 4.78 is 0. The number of benzene rings is 3. The van der Waals surface area contributed by atoms with Gasteiger partial charge in [-0.1, -0.05) is 30.3 Å². The molecule has 4 N–H and O–H groups in total. The number of para-hydroxylation sites is 2. The average molecular weight is 520 g/mol. The maximum atomic E-state index is 13.7. The van der Waals surface area contributed by atoms with Crippen molar-refractivity contribution in [1.82, 2.24) is 19.9 Å². The number of nitrogens with zero attached hydrogens (tertiary/aromatic N) is 2. The number of aromatic carboxylic acids is 1. The minimum atomic E-state index is -0.962. The first-order chi connectivity index (χ1) is 19.0. The molecule has 5 heterocycles. The zero-order chi connectivity index (χ0) is 26.7. The van der Waals surface area contributed by atoms with Gasteiger partial charge in [0.15, 0.2) is 0 Å². The number of aromatic nitrogens is 3. The van der Waals surface area contributed by atoms with Gasteiger partial charge < -0.3 is 25.3 Å². The Hall–Kier alpha value is -4.43. The van der Waals surface area contributed by atoms with E-state index in [0.717, 1.165) is 76.8 Å². The van der Waals surface area contributed by atoms with Crippen LogP contribution >= 0.6 is 0 Å². The molecule has 8 nitrogen and oxygen atoms in total. The summed E-state index contributed by atoms with van der Waals surface area (Å²) in [5, 5.41) is 14.3. The van der Waals surface area contributed by atoms with Crippen molar-refractivity contribution in [2.75, 3.05) is 25.0 Å². The van der Waals surface area contributed by atoms with E-state index in [2.05, 4.69) is 20.2 Å². The van der Waals surface area contributed by atoms with Gasteiger partial charge in [0.05, 0.1) is 27.8 Å². The number of aromatic amines is 2. The average Bonchev–Trinajstić information content (AvgIpc) is 3.37. The van der Waals surface area contributed by atoms with Gasteiger partial charge in [-0.3, -0.25) is 4.79 Å². The predicted molar refractivity (Wildman–Crippen MR) is 153 cm³/mol. The number of hydrogen-bond acceptors (Lipinski definition) is 5. The van der Waals surface area contributed by atoms with Gasteiger partial charge in [-0.2, -0.15) is 0 Å². The van der Waals surface area contributed by atoms with Crippen LogP contribution in [0.15, 0.2) is 65.5 Å². The highest BCUT2D eigenvalue weighted by atomic mass is 16.4. The summed E-state index contributed by atoms with van der Waals surface area (Å²) in [5.41, 5.74) is 6.42. The van der Waals surface area contributed by atoms with Crippen LogP contribution in [0.4, 0.5) is 5.69 Å². The molecule has 3 saturated heterocycles. The molecule has 2 bridgehead atoms. The molecule has 8 rings (SSSR count). The number of aryl methyl sites for hydroxylation is 1. The van der Waals surface area contributed by atoms with Gasteiger partial charge in [-0.15, -0.1) is 0 Å². The zero-order valence-electron chi connectivity index (χ0n) is 21.6. The van der Waals surface area contributed by atoms with Crippen molar-refractivity contribution in [3.8, 4) is 22.5 Å². The number of nitrogens with one attached hydrogen (secondary N) is 3. The molecule has 0 amide bonds. The lowest BCUT2D eigenvalue weighted by Gasteiger charge is -2.45. The quantitative estimate of drug-likeness (QED) is 0.252. The Morgan fingerprint density at radius 2 is 1.85 bits per heavy atom. The Balaban J connectivity index is 1.47.